The van der Waals surface area contributed by atoms with Gasteiger partial charge in [-0.3, -0.25) is 0 Å². The maximum absolute atomic E-state index is 11.1. The van der Waals surface area contributed by atoms with Crippen molar-refractivity contribution in [2.75, 3.05) is 5.73 Å². The molecule has 0 fully saturated rings. The van der Waals surface area contributed by atoms with Gasteiger partial charge >= 0.3 is 5.69 Å². The van der Waals surface area contributed by atoms with Gasteiger partial charge in [-0.2, -0.15) is 4.98 Å². The zero-order valence-corrected chi connectivity index (χ0v) is 8.46. The second-order valence-electron chi connectivity index (χ2n) is 4.18. The molecule has 13 heavy (non-hydrogen) atoms. The predicted octanol–water partition coefficient (Wildman–Crippen LogP) is 0.660. The van der Waals surface area contributed by atoms with Crippen LogP contribution in [0.3, 0.4) is 0 Å². The summed E-state index contributed by atoms with van der Waals surface area (Å²) in [5.74, 6) is 0.329. The highest BCUT2D eigenvalue weighted by atomic mass is 16.1. The van der Waals surface area contributed by atoms with Gasteiger partial charge in [-0.1, -0.05) is 20.8 Å². The van der Waals surface area contributed by atoms with E-state index >= 15 is 0 Å². The lowest BCUT2D eigenvalue weighted by Crippen LogP contribution is -2.26. The minimum atomic E-state index is -0.314. The normalized spacial score (nSPS) is 11.7. The lowest BCUT2D eigenvalue weighted by molar-refractivity contribution is 0.577. The molecule has 1 aromatic rings. The summed E-state index contributed by atoms with van der Waals surface area (Å²) in [4.78, 5) is 14.8. The quantitative estimate of drug-likeness (QED) is 0.639. The van der Waals surface area contributed by atoms with Crippen LogP contribution in [-0.2, 0) is 12.5 Å². The third-order valence-corrected chi connectivity index (χ3v) is 1.92. The van der Waals surface area contributed by atoms with E-state index in [2.05, 4.69) is 4.98 Å². The lowest BCUT2D eigenvalue weighted by atomic mass is 9.88. The molecule has 1 aromatic heterocycles. The first-order valence-corrected chi connectivity index (χ1v) is 4.16. The fraction of sp³-hybridized carbons (Fsp3) is 0.556. The molecular formula is C9H15N3O. The predicted molar refractivity (Wildman–Crippen MR) is 52.6 cm³/mol. The molecule has 0 aliphatic heterocycles. The van der Waals surface area contributed by atoms with Gasteiger partial charge in [0.2, 0.25) is 0 Å². The number of hydrogen-bond acceptors (Lipinski definition) is 3. The highest BCUT2D eigenvalue weighted by Crippen LogP contribution is 2.24. The van der Waals surface area contributed by atoms with Crippen LogP contribution in [0, 0.1) is 0 Å². The number of aryl methyl sites for hydroxylation is 1. The third-order valence-electron chi connectivity index (χ3n) is 1.92. The molecule has 0 amide bonds. The van der Waals surface area contributed by atoms with Crippen molar-refractivity contribution in [2.45, 2.75) is 26.2 Å². The van der Waals surface area contributed by atoms with Gasteiger partial charge < -0.3 is 10.3 Å². The smallest absolute Gasteiger partial charge is 0.349 e. The van der Waals surface area contributed by atoms with E-state index in [1.807, 2.05) is 20.8 Å². The van der Waals surface area contributed by atoms with Crippen molar-refractivity contribution in [3.63, 3.8) is 0 Å². The minimum Gasteiger partial charge on any atom is -0.383 e. The molecule has 0 saturated heterocycles. The van der Waals surface area contributed by atoms with Crippen LogP contribution in [0.2, 0.25) is 0 Å². The monoisotopic (exact) mass is 181 g/mol. The van der Waals surface area contributed by atoms with Gasteiger partial charge in [0.1, 0.15) is 5.82 Å². The molecule has 2 N–H and O–H groups in total. The summed E-state index contributed by atoms with van der Waals surface area (Å²) in [7, 11) is 1.67. The SMILES string of the molecule is Cn1cc(C(C)(C)C)c(N)nc1=O. The van der Waals surface area contributed by atoms with Crippen molar-refractivity contribution < 1.29 is 0 Å². The Bertz CT molecular complexity index is 373. The number of nitrogen functional groups attached to an aromatic ring is 1. The molecule has 0 bridgehead atoms. The van der Waals surface area contributed by atoms with E-state index in [4.69, 9.17) is 5.73 Å². The molecule has 0 spiro atoms. The highest BCUT2D eigenvalue weighted by molar-refractivity contribution is 5.41. The Morgan fingerprint density at radius 3 is 2.46 bits per heavy atom. The van der Waals surface area contributed by atoms with E-state index in [0.717, 1.165) is 5.56 Å². The second kappa shape index (κ2) is 2.87. The van der Waals surface area contributed by atoms with Crippen molar-refractivity contribution in [1.82, 2.24) is 9.55 Å². The Morgan fingerprint density at radius 1 is 1.46 bits per heavy atom. The van der Waals surface area contributed by atoms with Gasteiger partial charge in [0.15, 0.2) is 0 Å². The van der Waals surface area contributed by atoms with Crippen molar-refractivity contribution in [1.29, 1.82) is 0 Å². The number of hydrogen-bond donors (Lipinski definition) is 1. The van der Waals surface area contributed by atoms with E-state index in [1.165, 1.54) is 4.57 Å². The van der Waals surface area contributed by atoms with Crippen molar-refractivity contribution in [3.8, 4) is 0 Å². The van der Waals surface area contributed by atoms with Crippen LogP contribution in [0.1, 0.15) is 26.3 Å². The van der Waals surface area contributed by atoms with Gasteiger partial charge in [0.25, 0.3) is 0 Å². The molecule has 1 rings (SSSR count). The van der Waals surface area contributed by atoms with Crippen LogP contribution in [0.5, 0.6) is 0 Å². The van der Waals surface area contributed by atoms with Crippen LogP contribution in [0.4, 0.5) is 5.82 Å². The number of anilines is 1. The molecule has 0 unspecified atom stereocenters. The van der Waals surface area contributed by atoms with E-state index in [9.17, 15) is 4.79 Å². The Morgan fingerprint density at radius 2 is 2.00 bits per heavy atom. The summed E-state index contributed by atoms with van der Waals surface area (Å²) in [5, 5.41) is 0. The topological polar surface area (TPSA) is 60.9 Å². The third kappa shape index (κ3) is 1.88. The molecule has 0 aliphatic rings. The average Bonchev–Trinajstić information content (AvgIpc) is 1.94. The van der Waals surface area contributed by atoms with Gasteiger partial charge in [-0.05, 0) is 5.41 Å². The first-order valence-electron chi connectivity index (χ1n) is 4.16. The van der Waals surface area contributed by atoms with Gasteiger partial charge in [-0.15, -0.1) is 0 Å². The minimum absolute atomic E-state index is 0.0808. The van der Waals surface area contributed by atoms with Crippen LogP contribution >= 0.6 is 0 Å². The second-order valence-corrected chi connectivity index (χ2v) is 4.18. The van der Waals surface area contributed by atoms with E-state index in [1.54, 1.807) is 13.2 Å². The maximum atomic E-state index is 11.1. The summed E-state index contributed by atoms with van der Waals surface area (Å²) < 4.78 is 1.44. The number of rotatable bonds is 0. The van der Waals surface area contributed by atoms with E-state index in [-0.39, 0.29) is 11.1 Å². The average molecular weight is 181 g/mol. The molecular weight excluding hydrogens is 166 g/mol. The van der Waals surface area contributed by atoms with Crippen LogP contribution < -0.4 is 11.4 Å². The maximum Gasteiger partial charge on any atom is 0.349 e. The molecule has 0 saturated carbocycles. The van der Waals surface area contributed by atoms with Crippen LogP contribution in [-0.4, -0.2) is 9.55 Å². The largest absolute Gasteiger partial charge is 0.383 e. The van der Waals surface area contributed by atoms with Crippen molar-refractivity contribution >= 4 is 5.82 Å². The number of nitrogens with zero attached hydrogens (tertiary/aromatic N) is 2. The van der Waals surface area contributed by atoms with Gasteiger partial charge in [0.05, 0.1) is 0 Å². The molecule has 4 heteroatoms. The van der Waals surface area contributed by atoms with Crippen LogP contribution in [0.25, 0.3) is 0 Å². The summed E-state index contributed by atoms with van der Waals surface area (Å²) in [6.07, 6.45) is 1.74. The molecule has 0 aliphatic carbocycles. The van der Waals surface area contributed by atoms with E-state index in [0.29, 0.717) is 5.82 Å². The summed E-state index contributed by atoms with van der Waals surface area (Å²) in [5.41, 5.74) is 6.15. The van der Waals surface area contributed by atoms with Gasteiger partial charge in [0, 0.05) is 18.8 Å². The van der Waals surface area contributed by atoms with Crippen molar-refractivity contribution in [2.24, 2.45) is 7.05 Å². The van der Waals surface area contributed by atoms with Gasteiger partial charge in [-0.25, -0.2) is 4.79 Å². The Balaban J connectivity index is 3.41. The molecule has 0 aromatic carbocycles. The van der Waals surface area contributed by atoms with Crippen LogP contribution in [0.15, 0.2) is 11.0 Å². The summed E-state index contributed by atoms with van der Waals surface area (Å²) in [6.45, 7) is 6.10. The standard InChI is InChI=1S/C9H15N3O/c1-9(2,3)6-5-12(4)8(13)11-7(6)10/h5H,1-4H3,(H2,10,11,13). The lowest BCUT2D eigenvalue weighted by Gasteiger charge is -2.20. The fourth-order valence-electron chi connectivity index (χ4n) is 1.13. The number of aromatic nitrogens is 2. The Kier molecular flexibility index (Phi) is 2.15. The first kappa shape index (κ1) is 9.77. The Labute approximate surface area is 77.4 Å². The molecule has 72 valence electrons. The molecule has 0 radical (unpaired) electrons. The molecule has 4 nitrogen and oxygen atoms in total. The zero-order valence-electron chi connectivity index (χ0n) is 8.46. The highest BCUT2D eigenvalue weighted by Gasteiger charge is 2.18. The fourth-order valence-corrected chi connectivity index (χ4v) is 1.13. The molecule has 1 heterocycles. The summed E-state index contributed by atoms with van der Waals surface area (Å²) in [6, 6.07) is 0. The van der Waals surface area contributed by atoms with Crippen molar-refractivity contribution in [3.05, 3.63) is 22.2 Å². The zero-order chi connectivity index (χ0) is 10.2. The summed E-state index contributed by atoms with van der Waals surface area (Å²) >= 11 is 0. The van der Waals surface area contributed by atoms with E-state index < -0.39 is 0 Å². The number of nitrogens with two attached hydrogens (primary N) is 1. The molecule has 0 atom stereocenters. The Hall–Kier alpha value is -1.32. The first-order chi connectivity index (χ1) is 5.82.